The lowest BCUT2D eigenvalue weighted by Gasteiger charge is -2.36. The SMILES string of the molecule is CC1CCC(N2CC3CC2C3N)C1. The van der Waals surface area contributed by atoms with Gasteiger partial charge in [0.25, 0.3) is 0 Å². The molecule has 2 aliphatic carbocycles. The second-order valence-corrected chi connectivity index (χ2v) is 5.41. The number of fused-ring (bicyclic) bond motifs is 1. The fourth-order valence-corrected chi connectivity index (χ4v) is 3.60. The van der Waals surface area contributed by atoms with E-state index in [4.69, 9.17) is 5.73 Å². The summed E-state index contributed by atoms with van der Waals surface area (Å²) < 4.78 is 0. The van der Waals surface area contributed by atoms with Crippen LogP contribution >= 0.6 is 0 Å². The molecule has 4 rings (SSSR count). The highest BCUT2D eigenvalue weighted by atomic mass is 15.3. The zero-order chi connectivity index (χ0) is 9.00. The fourth-order valence-electron chi connectivity index (χ4n) is 3.60. The van der Waals surface area contributed by atoms with E-state index >= 15 is 0 Å². The Labute approximate surface area is 80.5 Å². The minimum Gasteiger partial charge on any atom is -0.326 e. The summed E-state index contributed by atoms with van der Waals surface area (Å²) in [7, 11) is 0. The van der Waals surface area contributed by atoms with Crippen LogP contribution in [0.25, 0.3) is 0 Å². The molecule has 4 aliphatic rings. The van der Waals surface area contributed by atoms with Crippen molar-refractivity contribution in [2.75, 3.05) is 6.54 Å². The molecule has 5 atom stereocenters. The molecule has 0 radical (unpaired) electrons. The molecule has 2 heteroatoms. The normalized spacial score (nSPS) is 55.4. The quantitative estimate of drug-likeness (QED) is 0.657. The molecule has 0 aromatic heterocycles. The molecule has 4 fully saturated rings. The molecule has 2 saturated heterocycles. The van der Waals surface area contributed by atoms with Crippen LogP contribution in [0.4, 0.5) is 0 Å². The minimum absolute atomic E-state index is 0.524. The Morgan fingerprint density at radius 3 is 2.54 bits per heavy atom. The van der Waals surface area contributed by atoms with E-state index in [2.05, 4.69) is 11.8 Å². The second kappa shape index (κ2) is 2.71. The Morgan fingerprint density at radius 2 is 2.08 bits per heavy atom. The molecule has 2 bridgehead atoms. The maximum atomic E-state index is 6.08. The van der Waals surface area contributed by atoms with Crippen LogP contribution in [0, 0.1) is 11.8 Å². The monoisotopic (exact) mass is 180 g/mol. The van der Waals surface area contributed by atoms with Gasteiger partial charge in [-0.1, -0.05) is 6.92 Å². The molecule has 74 valence electrons. The van der Waals surface area contributed by atoms with Gasteiger partial charge in [-0.15, -0.1) is 0 Å². The van der Waals surface area contributed by atoms with Crippen molar-refractivity contribution in [3.63, 3.8) is 0 Å². The first-order valence-electron chi connectivity index (χ1n) is 5.77. The molecule has 0 spiro atoms. The topological polar surface area (TPSA) is 29.3 Å². The van der Waals surface area contributed by atoms with Gasteiger partial charge in [-0.25, -0.2) is 0 Å². The van der Waals surface area contributed by atoms with Gasteiger partial charge < -0.3 is 5.73 Å². The van der Waals surface area contributed by atoms with Crippen LogP contribution in [0.15, 0.2) is 0 Å². The Morgan fingerprint density at radius 1 is 1.23 bits per heavy atom. The number of hydrogen-bond acceptors (Lipinski definition) is 2. The maximum absolute atomic E-state index is 6.08. The van der Waals surface area contributed by atoms with Gasteiger partial charge in [0.15, 0.2) is 0 Å². The summed E-state index contributed by atoms with van der Waals surface area (Å²) in [5, 5.41) is 0. The molecule has 0 aromatic carbocycles. The van der Waals surface area contributed by atoms with E-state index < -0.39 is 0 Å². The van der Waals surface area contributed by atoms with Crippen LogP contribution in [0.1, 0.15) is 32.6 Å². The van der Waals surface area contributed by atoms with E-state index in [0.717, 1.165) is 23.9 Å². The predicted molar refractivity (Wildman–Crippen MR) is 53.4 cm³/mol. The zero-order valence-electron chi connectivity index (χ0n) is 8.45. The first-order valence-corrected chi connectivity index (χ1v) is 5.77. The number of nitrogens with zero attached hydrogens (tertiary/aromatic N) is 1. The molecule has 2 aliphatic heterocycles. The van der Waals surface area contributed by atoms with Crippen molar-refractivity contribution in [2.24, 2.45) is 17.6 Å². The van der Waals surface area contributed by atoms with Crippen LogP contribution in [-0.4, -0.2) is 29.6 Å². The summed E-state index contributed by atoms with van der Waals surface area (Å²) in [5.41, 5.74) is 6.08. The Kier molecular flexibility index (Phi) is 1.72. The van der Waals surface area contributed by atoms with Crippen LogP contribution < -0.4 is 5.73 Å². The molecular weight excluding hydrogens is 160 g/mol. The van der Waals surface area contributed by atoms with Gasteiger partial charge in [0.2, 0.25) is 0 Å². The van der Waals surface area contributed by atoms with Crippen molar-refractivity contribution in [1.82, 2.24) is 4.90 Å². The van der Waals surface area contributed by atoms with Gasteiger partial charge in [-0.2, -0.15) is 0 Å². The minimum atomic E-state index is 0.524. The summed E-state index contributed by atoms with van der Waals surface area (Å²) in [6, 6.07) is 2.18. The Bertz CT molecular complexity index is 216. The molecule has 2 nitrogen and oxygen atoms in total. The summed E-state index contributed by atoms with van der Waals surface area (Å²) in [5.74, 6) is 1.81. The third-order valence-corrected chi connectivity index (χ3v) is 4.54. The third-order valence-electron chi connectivity index (χ3n) is 4.54. The van der Waals surface area contributed by atoms with Gasteiger partial charge in [0.05, 0.1) is 0 Å². The molecule has 5 unspecified atom stereocenters. The smallest absolute Gasteiger partial charge is 0.0257 e. The summed E-state index contributed by atoms with van der Waals surface area (Å²) in [4.78, 5) is 2.72. The largest absolute Gasteiger partial charge is 0.326 e. The van der Waals surface area contributed by atoms with E-state index in [1.54, 1.807) is 0 Å². The van der Waals surface area contributed by atoms with Gasteiger partial charge in [0.1, 0.15) is 0 Å². The van der Waals surface area contributed by atoms with E-state index in [-0.39, 0.29) is 0 Å². The van der Waals surface area contributed by atoms with Gasteiger partial charge in [-0.05, 0) is 37.5 Å². The number of nitrogens with two attached hydrogens (primary N) is 1. The number of rotatable bonds is 1. The van der Waals surface area contributed by atoms with Gasteiger partial charge in [-0.3, -0.25) is 4.90 Å². The van der Waals surface area contributed by atoms with Crippen LogP contribution in [0.2, 0.25) is 0 Å². The van der Waals surface area contributed by atoms with Crippen LogP contribution in [0.5, 0.6) is 0 Å². The van der Waals surface area contributed by atoms with Crippen molar-refractivity contribution in [3.8, 4) is 0 Å². The Hall–Kier alpha value is -0.0800. The summed E-state index contributed by atoms with van der Waals surface area (Å²) >= 11 is 0. The lowest BCUT2D eigenvalue weighted by molar-refractivity contribution is 0.164. The Balaban J connectivity index is 1.67. The van der Waals surface area contributed by atoms with E-state index in [1.807, 2.05) is 0 Å². The summed E-state index contributed by atoms with van der Waals surface area (Å²) in [6.07, 6.45) is 5.69. The molecule has 0 aromatic rings. The fraction of sp³-hybridized carbons (Fsp3) is 1.00. The lowest BCUT2D eigenvalue weighted by Crippen LogP contribution is -2.51. The first-order chi connectivity index (χ1) is 6.25. The zero-order valence-corrected chi connectivity index (χ0v) is 8.45. The standard InChI is InChI=1S/C11H20N2/c1-7-2-3-9(4-7)13-6-8-5-10(13)11(8)12/h7-11H,2-6,12H2,1H3. The predicted octanol–water partition coefficient (Wildman–Crippen LogP) is 1.21. The van der Waals surface area contributed by atoms with Gasteiger partial charge >= 0.3 is 0 Å². The first kappa shape index (κ1) is 8.25. The number of hydrogen-bond donors (Lipinski definition) is 1. The van der Waals surface area contributed by atoms with Crippen molar-refractivity contribution in [2.45, 2.75) is 50.7 Å². The highest BCUT2D eigenvalue weighted by Gasteiger charge is 2.52. The average molecular weight is 180 g/mol. The molecular formula is C11H20N2. The van der Waals surface area contributed by atoms with Crippen molar-refractivity contribution >= 4 is 0 Å². The highest BCUT2D eigenvalue weighted by Crippen LogP contribution is 2.44. The van der Waals surface area contributed by atoms with Crippen LogP contribution in [0.3, 0.4) is 0 Å². The van der Waals surface area contributed by atoms with Crippen LogP contribution in [-0.2, 0) is 0 Å². The van der Waals surface area contributed by atoms with E-state index in [1.165, 1.54) is 32.2 Å². The maximum Gasteiger partial charge on any atom is 0.0257 e. The molecule has 2 N–H and O–H groups in total. The summed E-state index contributed by atoms with van der Waals surface area (Å²) in [6.45, 7) is 3.70. The highest BCUT2D eigenvalue weighted by molar-refractivity contribution is 5.09. The molecule has 2 saturated carbocycles. The second-order valence-electron chi connectivity index (χ2n) is 5.41. The average Bonchev–Trinajstić information content (AvgIpc) is 2.74. The molecule has 0 amide bonds. The van der Waals surface area contributed by atoms with Gasteiger partial charge in [0, 0.05) is 24.7 Å². The van der Waals surface area contributed by atoms with Crippen molar-refractivity contribution < 1.29 is 0 Å². The molecule has 13 heavy (non-hydrogen) atoms. The van der Waals surface area contributed by atoms with E-state index in [9.17, 15) is 0 Å². The lowest BCUT2D eigenvalue weighted by atomic mass is 9.81. The molecule has 2 heterocycles. The van der Waals surface area contributed by atoms with Crippen molar-refractivity contribution in [3.05, 3.63) is 0 Å². The van der Waals surface area contributed by atoms with Crippen molar-refractivity contribution in [1.29, 1.82) is 0 Å². The third kappa shape index (κ3) is 1.08. The van der Waals surface area contributed by atoms with E-state index in [0.29, 0.717) is 6.04 Å².